The lowest BCUT2D eigenvalue weighted by molar-refractivity contribution is 0.957. The lowest BCUT2D eigenvalue weighted by Gasteiger charge is -1.96. The third kappa shape index (κ3) is 4.20. The van der Waals surface area contributed by atoms with Crippen LogP contribution in [-0.2, 0) is 12.8 Å². The molecule has 0 aliphatic heterocycles. The van der Waals surface area contributed by atoms with E-state index in [-0.39, 0.29) is 0 Å². The van der Waals surface area contributed by atoms with E-state index in [1.807, 2.05) is 13.8 Å². The third-order valence-electron chi connectivity index (χ3n) is 2.64. The molecule has 2 aromatic heterocycles. The second-order valence-electron chi connectivity index (χ2n) is 3.88. The van der Waals surface area contributed by atoms with Crippen molar-refractivity contribution in [2.75, 3.05) is 0 Å². The molecule has 4 nitrogen and oxygen atoms in total. The van der Waals surface area contributed by atoms with Gasteiger partial charge in [0.25, 0.3) is 0 Å². The van der Waals surface area contributed by atoms with Crippen LogP contribution in [0.3, 0.4) is 0 Å². The number of nitrogens with zero attached hydrogens (tertiary/aromatic N) is 4. The molecule has 0 saturated heterocycles. The molecule has 0 spiro atoms. The average Bonchev–Trinajstić information content (AvgIpc) is 2.41. The van der Waals surface area contributed by atoms with Gasteiger partial charge >= 0.3 is 0 Å². The van der Waals surface area contributed by atoms with E-state index >= 15 is 0 Å². The van der Waals surface area contributed by atoms with E-state index in [0.717, 1.165) is 35.6 Å². The molecule has 18 heavy (non-hydrogen) atoms. The summed E-state index contributed by atoms with van der Waals surface area (Å²) in [5, 5.41) is 0. The second kappa shape index (κ2) is 7.48. The monoisotopic (exact) mass is 244 g/mol. The van der Waals surface area contributed by atoms with Gasteiger partial charge in [-0.15, -0.1) is 0 Å². The van der Waals surface area contributed by atoms with Crippen molar-refractivity contribution in [2.45, 2.75) is 40.5 Å². The smallest absolute Gasteiger partial charge is 0.0613 e. The molecule has 0 saturated carbocycles. The Bertz CT molecular complexity index is 437. The van der Waals surface area contributed by atoms with E-state index in [2.05, 4.69) is 33.8 Å². The predicted molar refractivity (Wildman–Crippen MR) is 72.3 cm³/mol. The summed E-state index contributed by atoms with van der Waals surface area (Å²) in [7, 11) is 0. The molecule has 2 heterocycles. The zero-order valence-corrected chi connectivity index (χ0v) is 11.5. The van der Waals surface area contributed by atoms with Crippen molar-refractivity contribution in [1.29, 1.82) is 0 Å². The van der Waals surface area contributed by atoms with Crippen LogP contribution < -0.4 is 0 Å². The Morgan fingerprint density at radius 1 is 0.667 bits per heavy atom. The Kier molecular flexibility index (Phi) is 5.91. The summed E-state index contributed by atoms with van der Waals surface area (Å²) >= 11 is 0. The van der Waals surface area contributed by atoms with Crippen molar-refractivity contribution in [3.05, 3.63) is 47.6 Å². The van der Waals surface area contributed by atoms with E-state index < -0.39 is 0 Å². The van der Waals surface area contributed by atoms with Gasteiger partial charge in [0.2, 0.25) is 0 Å². The highest BCUT2D eigenvalue weighted by Gasteiger charge is 1.93. The molecule has 0 amide bonds. The fraction of sp³-hybridized carbons (Fsp3) is 0.429. The predicted octanol–water partition coefficient (Wildman–Crippen LogP) is 2.69. The molecule has 0 bridgehead atoms. The molecule has 0 aliphatic carbocycles. The van der Waals surface area contributed by atoms with Crippen LogP contribution >= 0.6 is 0 Å². The van der Waals surface area contributed by atoms with Crippen LogP contribution in [0.15, 0.2) is 24.8 Å². The van der Waals surface area contributed by atoms with E-state index in [4.69, 9.17) is 0 Å². The van der Waals surface area contributed by atoms with Gasteiger partial charge in [-0.3, -0.25) is 19.9 Å². The molecule has 0 unspecified atom stereocenters. The maximum atomic E-state index is 4.13. The number of hydrogen-bond acceptors (Lipinski definition) is 4. The van der Waals surface area contributed by atoms with Gasteiger partial charge in [0.05, 0.1) is 22.8 Å². The minimum Gasteiger partial charge on any atom is -0.258 e. The van der Waals surface area contributed by atoms with Gasteiger partial charge < -0.3 is 0 Å². The van der Waals surface area contributed by atoms with Crippen molar-refractivity contribution in [3.8, 4) is 0 Å². The Morgan fingerprint density at radius 3 is 1.22 bits per heavy atom. The summed E-state index contributed by atoms with van der Waals surface area (Å²) in [6.07, 6.45) is 8.83. The van der Waals surface area contributed by atoms with E-state index in [9.17, 15) is 0 Å². The van der Waals surface area contributed by atoms with E-state index in [0.29, 0.717) is 0 Å². The summed E-state index contributed by atoms with van der Waals surface area (Å²) < 4.78 is 0. The average molecular weight is 244 g/mol. The lowest BCUT2D eigenvalue weighted by Crippen LogP contribution is -1.92. The number of rotatable bonds is 2. The minimum absolute atomic E-state index is 0.972. The first-order valence-electron chi connectivity index (χ1n) is 6.22. The fourth-order valence-electron chi connectivity index (χ4n) is 1.57. The fourth-order valence-corrected chi connectivity index (χ4v) is 1.57. The minimum atomic E-state index is 0.972. The van der Waals surface area contributed by atoms with Crippen LogP contribution in [0.1, 0.15) is 36.6 Å². The molecule has 96 valence electrons. The van der Waals surface area contributed by atoms with Gasteiger partial charge in [0.15, 0.2) is 0 Å². The van der Waals surface area contributed by atoms with Gasteiger partial charge in [-0.05, 0) is 26.7 Å². The Hall–Kier alpha value is -1.84. The van der Waals surface area contributed by atoms with Crippen LogP contribution in [0.25, 0.3) is 0 Å². The Balaban J connectivity index is 0.000000180. The summed E-state index contributed by atoms with van der Waals surface area (Å²) in [5.41, 5.74) is 4.27. The first-order valence-corrected chi connectivity index (χ1v) is 6.22. The molecule has 2 aromatic rings. The van der Waals surface area contributed by atoms with Crippen LogP contribution in [0, 0.1) is 13.8 Å². The molecule has 4 heteroatoms. The molecule has 0 fully saturated rings. The van der Waals surface area contributed by atoms with Crippen molar-refractivity contribution in [3.63, 3.8) is 0 Å². The molecule has 0 N–H and O–H groups in total. The van der Waals surface area contributed by atoms with Crippen LogP contribution in [0.4, 0.5) is 0 Å². The highest BCUT2D eigenvalue weighted by atomic mass is 14.8. The number of aryl methyl sites for hydroxylation is 4. The zero-order valence-electron chi connectivity index (χ0n) is 11.5. The topological polar surface area (TPSA) is 51.6 Å². The van der Waals surface area contributed by atoms with Crippen molar-refractivity contribution in [1.82, 2.24) is 19.9 Å². The Morgan fingerprint density at radius 2 is 1.00 bits per heavy atom. The van der Waals surface area contributed by atoms with Crippen molar-refractivity contribution >= 4 is 0 Å². The van der Waals surface area contributed by atoms with Gasteiger partial charge in [0, 0.05) is 24.8 Å². The first-order chi connectivity index (χ1) is 8.69. The maximum absolute atomic E-state index is 4.13. The van der Waals surface area contributed by atoms with Crippen molar-refractivity contribution < 1.29 is 0 Å². The van der Waals surface area contributed by atoms with Gasteiger partial charge in [-0.2, -0.15) is 0 Å². The SMILES string of the molecule is CCc1nccnc1C.CCc1nccnc1C. The normalized spacial score (nSPS) is 9.56. The maximum Gasteiger partial charge on any atom is 0.0613 e. The molecule has 2 rings (SSSR count). The van der Waals surface area contributed by atoms with Gasteiger partial charge in [0.1, 0.15) is 0 Å². The Labute approximate surface area is 109 Å². The largest absolute Gasteiger partial charge is 0.258 e. The third-order valence-corrected chi connectivity index (χ3v) is 2.64. The lowest BCUT2D eigenvalue weighted by atomic mass is 10.3. The molecule has 0 atom stereocenters. The second-order valence-corrected chi connectivity index (χ2v) is 3.88. The standard InChI is InChI=1S/2C7H10N2/c2*1-3-7-6(2)8-4-5-9-7/h2*4-5H,3H2,1-2H3. The highest BCUT2D eigenvalue weighted by molar-refractivity contribution is 5.07. The van der Waals surface area contributed by atoms with Crippen LogP contribution in [-0.4, -0.2) is 19.9 Å². The summed E-state index contributed by atoms with van der Waals surface area (Å²) in [5.74, 6) is 0. The molecular weight excluding hydrogens is 224 g/mol. The van der Waals surface area contributed by atoms with Crippen LogP contribution in [0.5, 0.6) is 0 Å². The van der Waals surface area contributed by atoms with Gasteiger partial charge in [-0.25, -0.2) is 0 Å². The highest BCUT2D eigenvalue weighted by Crippen LogP contribution is 1.98. The van der Waals surface area contributed by atoms with E-state index in [1.165, 1.54) is 0 Å². The molecular formula is C14H20N4. The first kappa shape index (κ1) is 14.2. The summed E-state index contributed by atoms with van der Waals surface area (Å²) in [4.78, 5) is 16.4. The molecule has 0 aliphatic rings. The van der Waals surface area contributed by atoms with Crippen molar-refractivity contribution in [2.24, 2.45) is 0 Å². The molecule has 0 aromatic carbocycles. The summed E-state index contributed by atoms with van der Waals surface area (Å²) in [6.45, 7) is 8.12. The van der Waals surface area contributed by atoms with Crippen LogP contribution in [0.2, 0.25) is 0 Å². The quantitative estimate of drug-likeness (QED) is 0.815. The van der Waals surface area contributed by atoms with E-state index in [1.54, 1.807) is 24.8 Å². The number of hydrogen-bond donors (Lipinski definition) is 0. The zero-order chi connectivity index (χ0) is 13.4. The van der Waals surface area contributed by atoms with Gasteiger partial charge in [-0.1, -0.05) is 13.8 Å². The number of aromatic nitrogens is 4. The molecule has 0 radical (unpaired) electrons. The summed E-state index contributed by atoms with van der Waals surface area (Å²) in [6, 6.07) is 0.